The minimum atomic E-state index is -0.710. The smallest absolute Gasteiger partial charge is 0.319 e. The number of halogens is 2. The molecule has 2 aromatic rings. The summed E-state index contributed by atoms with van der Waals surface area (Å²) in [5, 5.41) is 5.41. The molecule has 126 valence electrons. The number of esters is 1. The van der Waals surface area contributed by atoms with Crippen molar-refractivity contribution in [1.82, 2.24) is 5.32 Å². The molecule has 2 amide bonds. The molecule has 0 aromatic heterocycles. The fourth-order valence-electron chi connectivity index (χ4n) is 2.13. The maximum Gasteiger partial charge on any atom is 0.319 e. The molecule has 5 nitrogen and oxygen atoms in total. The Morgan fingerprint density at radius 2 is 1.83 bits per heavy atom. The molecule has 0 aliphatic carbocycles. The summed E-state index contributed by atoms with van der Waals surface area (Å²) in [6.07, 6.45) is -0.106. The number of benzene rings is 2. The van der Waals surface area contributed by atoms with Crippen LogP contribution in [0.25, 0.3) is 0 Å². The molecule has 2 N–H and O–H groups in total. The van der Waals surface area contributed by atoms with Crippen molar-refractivity contribution in [1.29, 1.82) is 0 Å². The minimum Gasteiger partial charge on any atom is -0.469 e. The quantitative estimate of drug-likeness (QED) is 0.803. The van der Waals surface area contributed by atoms with E-state index in [4.69, 9.17) is 11.6 Å². The first kappa shape index (κ1) is 17.7. The first-order valence-corrected chi connectivity index (χ1v) is 7.52. The first-order chi connectivity index (χ1) is 11.5. The Hall–Kier alpha value is -2.60. The van der Waals surface area contributed by atoms with Crippen LogP contribution < -0.4 is 10.6 Å². The maximum absolute atomic E-state index is 13.6. The lowest BCUT2D eigenvalue weighted by Crippen LogP contribution is -2.34. The highest BCUT2D eigenvalue weighted by molar-refractivity contribution is 6.31. The summed E-state index contributed by atoms with van der Waals surface area (Å²) in [7, 11) is 1.26. The van der Waals surface area contributed by atoms with Gasteiger partial charge in [0.15, 0.2) is 0 Å². The molecule has 0 saturated carbocycles. The molecule has 2 aromatic carbocycles. The van der Waals surface area contributed by atoms with Crippen LogP contribution in [-0.4, -0.2) is 19.1 Å². The second-order valence-corrected chi connectivity index (χ2v) is 5.34. The van der Waals surface area contributed by atoms with Gasteiger partial charge in [-0.05, 0) is 23.8 Å². The molecule has 0 saturated heterocycles. The predicted molar refractivity (Wildman–Crippen MR) is 89.4 cm³/mol. The largest absolute Gasteiger partial charge is 0.469 e. The van der Waals surface area contributed by atoms with Gasteiger partial charge in [-0.15, -0.1) is 0 Å². The number of hydrogen-bond acceptors (Lipinski definition) is 3. The summed E-state index contributed by atoms with van der Waals surface area (Å²) >= 11 is 6.13. The van der Waals surface area contributed by atoms with E-state index >= 15 is 0 Å². The van der Waals surface area contributed by atoms with Gasteiger partial charge in [-0.2, -0.15) is 0 Å². The molecule has 1 atom stereocenters. The van der Waals surface area contributed by atoms with E-state index in [-0.39, 0.29) is 12.1 Å². The van der Waals surface area contributed by atoms with Gasteiger partial charge >= 0.3 is 12.0 Å². The summed E-state index contributed by atoms with van der Waals surface area (Å²) in [5.41, 5.74) is 0.597. The molecule has 2 rings (SSSR count). The maximum atomic E-state index is 13.6. The number of rotatable bonds is 5. The van der Waals surface area contributed by atoms with Crippen molar-refractivity contribution < 1.29 is 18.7 Å². The molecule has 0 spiro atoms. The lowest BCUT2D eigenvalue weighted by atomic mass is 10.0. The van der Waals surface area contributed by atoms with E-state index < -0.39 is 23.9 Å². The lowest BCUT2D eigenvalue weighted by Gasteiger charge is -2.19. The minimum absolute atomic E-state index is 0.0333. The van der Waals surface area contributed by atoms with E-state index in [1.165, 1.54) is 25.3 Å². The first-order valence-electron chi connectivity index (χ1n) is 7.14. The second-order valence-electron chi connectivity index (χ2n) is 4.93. The number of carbonyl (C=O) groups is 2. The van der Waals surface area contributed by atoms with E-state index in [1.807, 2.05) is 0 Å². The fraction of sp³-hybridized carbons (Fsp3) is 0.176. The lowest BCUT2D eigenvalue weighted by molar-refractivity contribution is -0.141. The van der Waals surface area contributed by atoms with E-state index in [1.54, 1.807) is 30.3 Å². The van der Waals surface area contributed by atoms with Crippen LogP contribution in [0, 0.1) is 5.82 Å². The van der Waals surface area contributed by atoms with Crippen molar-refractivity contribution in [2.24, 2.45) is 0 Å². The van der Waals surface area contributed by atoms with Crippen LogP contribution in [0.2, 0.25) is 5.02 Å². The number of para-hydroxylation sites is 1. The summed E-state index contributed by atoms with van der Waals surface area (Å²) in [6.45, 7) is 0. The zero-order valence-electron chi connectivity index (χ0n) is 12.9. The average molecular weight is 351 g/mol. The summed E-state index contributed by atoms with van der Waals surface area (Å²) < 4.78 is 18.2. The number of anilines is 1. The molecule has 0 heterocycles. The summed E-state index contributed by atoms with van der Waals surface area (Å²) in [5.74, 6) is -1.07. The Balaban J connectivity index is 2.16. The van der Waals surface area contributed by atoms with Gasteiger partial charge in [-0.1, -0.05) is 41.9 Å². The number of carbonyl (C=O) groups excluding carboxylic acids is 2. The van der Waals surface area contributed by atoms with Crippen molar-refractivity contribution in [2.75, 3.05) is 12.4 Å². The van der Waals surface area contributed by atoms with Gasteiger partial charge in [-0.3, -0.25) is 4.79 Å². The standard InChI is InChI=1S/C17H16ClFN2O3/c1-24-16(22)10-15(11-6-2-3-7-12(11)18)21-17(23)20-14-9-5-4-8-13(14)19/h2-9,15H,10H2,1H3,(H2,20,21,23). The number of ether oxygens (including phenoxy) is 1. The zero-order chi connectivity index (χ0) is 17.5. The Labute approximate surface area is 143 Å². The SMILES string of the molecule is COC(=O)CC(NC(=O)Nc1ccccc1F)c1ccccc1Cl. The van der Waals surface area contributed by atoms with Gasteiger partial charge in [0.05, 0.1) is 25.3 Å². The number of methoxy groups -OCH3 is 1. The van der Waals surface area contributed by atoms with E-state index in [2.05, 4.69) is 15.4 Å². The molecule has 0 bridgehead atoms. The summed E-state index contributed by atoms with van der Waals surface area (Å²) in [4.78, 5) is 23.7. The predicted octanol–water partition coefficient (Wildman–Crippen LogP) is 3.91. The van der Waals surface area contributed by atoms with Crippen molar-refractivity contribution in [3.05, 3.63) is 64.9 Å². The molecule has 0 fully saturated rings. The fourth-order valence-corrected chi connectivity index (χ4v) is 2.39. The molecule has 0 aliphatic rings. The van der Waals surface area contributed by atoms with Gasteiger partial charge in [0.25, 0.3) is 0 Å². The topological polar surface area (TPSA) is 67.4 Å². The third-order valence-corrected chi connectivity index (χ3v) is 3.65. The number of hydrogen-bond donors (Lipinski definition) is 2. The Bertz CT molecular complexity index is 739. The molecular weight excluding hydrogens is 335 g/mol. The molecule has 0 radical (unpaired) electrons. The van der Waals surface area contributed by atoms with Crippen LogP contribution >= 0.6 is 11.6 Å². The van der Waals surface area contributed by atoms with Gasteiger partial charge in [0.1, 0.15) is 5.82 Å². The molecular formula is C17H16ClFN2O3. The van der Waals surface area contributed by atoms with Crippen LogP contribution in [0.5, 0.6) is 0 Å². The number of urea groups is 1. The summed E-state index contributed by atoms with van der Waals surface area (Å²) in [6, 6.07) is 11.2. The van der Waals surface area contributed by atoms with Gasteiger partial charge in [0, 0.05) is 5.02 Å². The molecule has 7 heteroatoms. The van der Waals surface area contributed by atoms with Crippen LogP contribution in [0.1, 0.15) is 18.0 Å². The van der Waals surface area contributed by atoms with Gasteiger partial charge < -0.3 is 15.4 Å². The van der Waals surface area contributed by atoms with Gasteiger partial charge in [0.2, 0.25) is 0 Å². The highest BCUT2D eigenvalue weighted by Crippen LogP contribution is 2.25. The van der Waals surface area contributed by atoms with Crippen LogP contribution in [0.3, 0.4) is 0 Å². The normalized spacial score (nSPS) is 11.5. The van der Waals surface area contributed by atoms with Gasteiger partial charge in [-0.25, -0.2) is 9.18 Å². The monoisotopic (exact) mass is 350 g/mol. The molecule has 1 unspecified atom stereocenters. The van der Waals surface area contributed by atoms with Crippen LogP contribution in [0.15, 0.2) is 48.5 Å². The molecule has 0 aliphatic heterocycles. The second kappa shape index (κ2) is 8.31. The highest BCUT2D eigenvalue weighted by atomic mass is 35.5. The van der Waals surface area contributed by atoms with Crippen LogP contribution in [-0.2, 0) is 9.53 Å². The number of nitrogens with one attached hydrogen (secondary N) is 2. The van der Waals surface area contributed by atoms with Crippen molar-refractivity contribution >= 4 is 29.3 Å². The average Bonchev–Trinajstić information content (AvgIpc) is 2.56. The zero-order valence-corrected chi connectivity index (χ0v) is 13.6. The van der Waals surface area contributed by atoms with E-state index in [9.17, 15) is 14.0 Å². The third-order valence-electron chi connectivity index (χ3n) is 3.31. The number of amides is 2. The van der Waals surface area contributed by atoms with Crippen LogP contribution in [0.4, 0.5) is 14.9 Å². The molecule has 24 heavy (non-hydrogen) atoms. The van der Waals surface area contributed by atoms with Crippen molar-refractivity contribution in [2.45, 2.75) is 12.5 Å². The van der Waals surface area contributed by atoms with E-state index in [0.29, 0.717) is 10.6 Å². The Morgan fingerprint density at radius 3 is 2.50 bits per heavy atom. The Kier molecular flexibility index (Phi) is 6.14. The van der Waals surface area contributed by atoms with E-state index in [0.717, 1.165) is 0 Å². The van der Waals surface area contributed by atoms with Crippen molar-refractivity contribution in [3.8, 4) is 0 Å². The van der Waals surface area contributed by atoms with Crippen molar-refractivity contribution in [3.63, 3.8) is 0 Å². The highest BCUT2D eigenvalue weighted by Gasteiger charge is 2.21. The Morgan fingerprint density at radius 1 is 1.17 bits per heavy atom. The third kappa shape index (κ3) is 4.70.